The van der Waals surface area contributed by atoms with Crippen LogP contribution in [0.2, 0.25) is 5.02 Å². The van der Waals surface area contributed by atoms with Crippen molar-refractivity contribution in [3.63, 3.8) is 0 Å². The van der Waals surface area contributed by atoms with Crippen molar-refractivity contribution < 1.29 is 4.79 Å². The number of carbonyl (C=O) groups is 1. The van der Waals surface area contributed by atoms with Gasteiger partial charge in [-0.25, -0.2) is 0 Å². The van der Waals surface area contributed by atoms with Crippen molar-refractivity contribution in [2.45, 2.75) is 6.42 Å². The molecule has 16 heavy (non-hydrogen) atoms. The van der Waals surface area contributed by atoms with Crippen LogP contribution in [0.5, 0.6) is 0 Å². The molecule has 0 radical (unpaired) electrons. The Hall–Kier alpha value is -1.42. The zero-order chi connectivity index (χ0) is 11.7. The van der Waals surface area contributed by atoms with Crippen LogP contribution in [-0.2, 0) is 4.79 Å². The molecular weight excluding hydrogens is 226 g/mol. The fourth-order valence-electron chi connectivity index (χ4n) is 1.99. The highest BCUT2D eigenvalue weighted by Gasteiger charge is 2.27. The summed E-state index contributed by atoms with van der Waals surface area (Å²) in [4.78, 5) is 13.1. The van der Waals surface area contributed by atoms with Gasteiger partial charge >= 0.3 is 0 Å². The highest BCUT2D eigenvalue weighted by molar-refractivity contribution is 6.33. The smallest absolute Gasteiger partial charge is 0.222 e. The van der Waals surface area contributed by atoms with Crippen molar-refractivity contribution in [2.24, 2.45) is 11.7 Å². The van der Waals surface area contributed by atoms with E-state index in [0.717, 1.165) is 18.7 Å². The Labute approximate surface area is 99.2 Å². The molecule has 0 saturated carbocycles. The molecule has 1 saturated heterocycles. The molecule has 2 rings (SSSR count). The van der Waals surface area contributed by atoms with Crippen molar-refractivity contribution in [3.05, 3.63) is 23.2 Å². The number of halogens is 1. The first-order chi connectivity index (χ1) is 7.58. The van der Waals surface area contributed by atoms with Gasteiger partial charge in [0, 0.05) is 18.8 Å². The minimum Gasteiger partial charge on any atom is -0.399 e. The maximum atomic E-state index is 11.1. The molecule has 5 heteroatoms. The third-order valence-electron chi connectivity index (χ3n) is 2.90. The Balaban J connectivity index is 2.17. The Kier molecular flexibility index (Phi) is 2.92. The highest BCUT2D eigenvalue weighted by Crippen LogP contribution is 2.31. The maximum absolute atomic E-state index is 11.1. The first kappa shape index (κ1) is 11.1. The van der Waals surface area contributed by atoms with Gasteiger partial charge in [-0.3, -0.25) is 4.79 Å². The minimum atomic E-state index is -0.242. The minimum absolute atomic E-state index is 0.0754. The van der Waals surface area contributed by atoms with Crippen LogP contribution in [0.25, 0.3) is 0 Å². The van der Waals surface area contributed by atoms with E-state index in [1.807, 2.05) is 6.07 Å². The monoisotopic (exact) mass is 239 g/mol. The summed E-state index contributed by atoms with van der Waals surface area (Å²) in [6.07, 6.45) is 0.788. The number of rotatable bonds is 2. The number of nitrogens with zero attached hydrogens (tertiary/aromatic N) is 1. The van der Waals surface area contributed by atoms with Crippen LogP contribution in [0.15, 0.2) is 18.2 Å². The second-order valence-corrected chi connectivity index (χ2v) is 4.45. The van der Waals surface area contributed by atoms with Crippen molar-refractivity contribution >= 4 is 28.9 Å². The molecule has 1 aromatic carbocycles. The molecule has 0 bridgehead atoms. The number of nitrogen functional groups attached to an aromatic ring is 1. The molecule has 1 aliphatic heterocycles. The lowest BCUT2D eigenvalue weighted by atomic mass is 10.1. The number of hydrogen-bond donors (Lipinski definition) is 2. The fourth-order valence-corrected chi connectivity index (χ4v) is 2.30. The molecule has 0 spiro atoms. The van der Waals surface area contributed by atoms with E-state index in [2.05, 4.69) is 4.90 Å². The Morgan fingerprint density at radius 2 is 2.25 bits per heavy atom. The standard InChI is InChI=1S/C11H14ClN3O/c12-9-5-8(13)1-2-10(9)15-4-3-7(6-15)11(14)16/h1-2,5,7H,3-4,6,13H2,(H2,14,16). The van der Waals surface area contributed by atoms with Crippen molar-refractivity contribution in [3.8, 4) is 0 Å². The Bertz CT molecular complexity index is 422. The predicted molar refractivity (Wildman–Crippen MR) is 65.4 cm³/mol. The van der Waals surface area contributed by atoms with E-state index in [0.29, 0.717) is 17.3 Å². The van der Waals surface area contributed by atoms with Gasteiger partial charge in [0.1, 0.15) is 0 Å². The lowest BCUT2D eigenvalue weighted by Crippen LogP contribution is -2.27. The SMILES string of the molecule is NC(=O)C1CCN(c2ccc(N)cc2Cl)C1. The second kappa shape index (κ2) is 4.22. The van der Waals surface area contributed by atoms with Crippen LogP contribution in [0.4, 0.5) is 11.4 Å². The molecule has 1 amide bonds. The number of amides is 1. The van der Waals surface area contributed by atoms with Gasteiger partial charge in [0.2, 0.25) is 5.91 Å². The number of primary amides is 1. The third kappa shape index (κ3) is 2.07. The highest BCUT2D eigenvalue weighted by atomic mass is 35.5. The summed E-state index contributed by atoms with van der Waals surface area (Å²) in [6, 6.07) is 5.40. The summed E-state index contributed by atoms with van der Waals surface area (Å²) in [5.41, 5.74) is 12.5. The first-order valence-electron chi connectivity index (χ1n) is 5.17. The molecule has 86 valence electrons. The summed E-state index contributed by atoms with van der Waals surface area (Å²) in [5, 5.41) is 0.616. The van der Waals surface area contributed by atoms with Gasteiger partial charge in [-0.1, -0.05) is 11.6 Å². The van der Waals surface area contributed by atoms with Gasteiger partial charge in [-0.2, -0.15) is 0 Å². The Morgan fingerprint density at radius 1 is 1.50 bits per heavy atom. The number of anilines is 2. The zero-order valence-electron chi connectivity index (χ0n) is 8.82. The van der Waals surface area contributed by atoms with Crippen LogP contribution in [0.3, 0.4) is 0 Å². The van der Waals surface area contributed by atoms with Gasteiger partial charge in [-0.15, -0.1) is 0 Å². The summed E-state index contributed by atoms with van der Waals surface area (Å²) >= 11 is 6.10. The van der Waals surface area contributed by atoms with Gasteiger partial charge in [-0.05, 0) is 24.6 Å². The molecule has 1 fully saturated rings. The van der Waals surface area contributed by atoms with Crippen LogP contribution in [-0.4, -0.2) is 19.0 Å². The summed E-state index contributed by atoms with van der Waals surface area (Å²) in [7, 11) is 0. The summed E-state index contributed by atoms with van der Waals surface area (Å²) in [6.45, 7) is 1.44. The van der Waals surface area contributed by atoms with Gasteiger partial charge < -0.3 is 16.4 Å². The molecule has 1 unspecified atom stereocenters. The largest absolute Gasteiger partial charge is 0.399 e. The van der Waals surface area contributed by atoms with Gasteiger partial charge in [0.25, 0.3) is 0 Å². The summed E-state index contributed by atoms with van der Waals surface area (Å²) < 4.78 is 0. The van der Waals surface area contributed by atoms with E-state index in [-0.39, 0.29) is 11.8 Å². The van der Waals surface area contributed by atoms with E-state index in [4.69, 9.17) is 23.1 Å². The number of benzene rings is 1. The average Bonchev–Trinajstić information content (AvgIpc) is 2.66. The topological polar surface area (TPSA) is 72.4 Å². The van der Waals surface area contributed by atoms with Crippen LogP contribution in [0, 0.1) is 5.92 Å². The first-order valence-corrected chi connectivity index (χ1v) is 5.55. The molecule has 4 N–H and O–H groups in total. The molecule has 0 aliphatic carbocycles. The predicted octanol–water partition coefficient (Wildman–Crippen LogP) is 1.23. The normalized spacial score (nSPS) is 20.1. The third-order valence-corrected chi connectivity index (χ3v) is 3.21. The van der Waals surface area contributed by atoms with E-state index >= 15 is 0 Å². The lowest BCUT2D eigenvalue weighted by molar-refractivity contribution is -0.121. The van der Waals surface area contributed by atoms with Gasteiger partial charge in [0.15, 0.2) is 0 Å². The molecule has 1 heterocycles. The number of carbonyl (C=O) groups excluding carboxylic acids is 1. The molecule has 0 aromatic heterocycles. The molecule has 1 atom stereocenters. The second-order valence-electron chi connectivity index (χ2n) is 4.04. The fraction of sp³-hybridized carbons (Fsp3) is 0.364. The van der Waals surface area contributed by atoms with Gasteiger partial charge in [0.05, 0.1) is 16.6 Å². The van der Waals surface area contributed by atoms with Crippen LogP contribution in [0.1, 0.15) is 6.42 Å². The number of nitrogens with two attached hydrogens (primary N) is 2. The van der Waals surface area contributed by atoms with E-state index in [1.165, 1.54) is 0 Å². The van der Waals surface area contributed by atoms with E-state index in [1.54, 1.807) is 12.1 Å². The molecule has 1 aromatic rings. The van der Waals surface area contributed by atoms with Crippen molar-refractivity contribution in [2.75, 3.05) is 23.7 Å². The van der Waals surface area contributed by atoms with Crippen LogP contribution < -0.4 is 16.4 Å². The van der Waals surface area contributed by atoms with Crippen LogP contribution >= 0.6 is 11.6 Å². The van der Waals surface area contributed by atoms with E-state index < -0.39 is 0 Å². The molecular formula is C11H14ClN3O. The van der Waals surface area contributed by atoms with E-state index in [9.17, 15) is 4.79 Å². The quantitative estimate of drug-likeness (QED) is 0.763. The lowest BCUT2D eigenvalue weighted by Gasteiger charge is -2.19. The molecule has 1 aliphatic rings. The maximum Gasteiger partial charge on any atom is 0.222 e. The number of hydrogen-bond acceptors (Lipinski definition) is 3. The summed E-state index contributed by atoms with van der Waals surface area (Å²) in [5.74, 6) is -0.317. The van der Waals surface area contributed by atoms with Crippen molar-refractivity contribution in [1.82, 2.24) is 0 Å². The Morgan fingerprint density at radius 3 is 2.81 bits per heavy atom. The zero-order valence-corrected chi connectivity index (χ0v) is 9.57. The average molecular weight is 240 g/mol. The molecule has 4 nitrogen and oxygen atoms in total. The van der Waals surface area contributed by atoms with Crippen molar-refractivity contribution in [1.29, 1.82) is 0 Å².